The molecule has 0 radical (unpaired) electrons. The predicted molar refractivity (Wildman–Crippen MR) is 161 cm³/mol. The second-order valence-corrected chi connectivity index (χ2v) is 14.5. The molecule has 240 valence electrons. The van der Waals surface area contributed by atoms with Crippen molar-refractivity contribution in [3.63, 3.8) is 0 Å². The topological polar surface area (TPSA) is 155 Å². The molecule has 1 amide bonds. The Morgan fingerprint density at radius 3 is 2.38 bits per heavy atom. The zero-order valence-electron chi connectivity index (χ0n) is 25.0. The van der Waals surface area contributed by atoms with Gasteiger partial charge in [0.1, 0.15) is 5.82 Å². The van der Waals surface area contributed by atoms with E-state index < -0.39 is 70.1 Å². The van der Waals surface area contributed by atoms with Crippen molar-refractivity contribution in [2.45, 2.75) is 51.6 Å². The van der Waals surface area contributed by atoms with Gasteiger partial charge >= 0.3 is 0 Å². The van der Waals surface area contributed by atoms with Crippen LogP contribution in [0.25, 0.3) is 16.9 Å². The first-order valence-corrected chi connectivity index (χ1v) is 16.5. The first-order valence-electron chi connectivity index (χ1n) is 14.7. The molecule has 1 saturated heterocycles. The molecule has 10 nitrogen and oxygen atoms in total. The minimum atomic E-state index is -3.26. The van der Waals surface area contributed by atoms with E-state index >= 15 is 8.78 Å². The number of sulfone groups is 1. The summed E-state index contributed by atoms with van der Waals surface area (Å²) in [6.45, 7) is 3.42. The van der Waals surface area contributed by atoms with Gasteiger partial charge in [0, 0.05) is 43.1 Å². The molecule has 3 atom stereocenters. The normalized spacial score (nSPS) is 23.4. The highest BCUT2D eigenvalue weighted by atomic mass is 32.2. The van der Waals surface area contributed by atoms with Crippen molar-refractivity contribution >= 4 is 21.4 Å². The minimum absolute atomic E-state index is 0.0302. The van der Waals surface area contributed by atoms with E-state index in [1.165, 1.54) is 10.7 Å². The van der Waals surface area contributed by atoms with Gasteiger partial charge in [-0.15, -0.1) is 0 Å². The number of pyridine rings is 1. The third-order valence-electron chi connectivity index (χ3n) is 9.07. The van der Waals surface area contributed by atoms with Crippen LogP contribution in [-0.2, 0) is 21.2 Å². The monoisotopic (exact) mass is 644 g/mol. The molecule has 3 N–H and O–H groups in total. The highest BCUT2D eigenvalue weighted by Gasteiger charge is 2.61. The van der Waals surface area contributed by atoms with Crippen LogP contribution in [0.15, 0.2) is 42.6 Å². The van der Waals surface area contributed by atoms with Gasteiger partial charge in [-0.25, -0.2) is 31.3 Å². The Bertz CT molecular complexity index is 1710. The fraction of sp³-hybridized carbons (Fsp3) is 0.484. The van der Waals surface area contributed by atoms with E-state index in [0.29, 0.717) is 24.2 Å². The second kappa shape index (κ2) is 12.1. The van der Waals surface area contributed by atoms with Crippen LogP contribution in [0.5, 0.6) is 0 Å². The summed E-state index contributed by atoms with van der Waals surface area (Å²) in [6, 6.07) is 11.7. The first-order chi connectivity index (χ1) is 21.2. The summed E-state index contributed by atoms with van der Waals surface area (Å²) in [6.07, 6.45) is -0.755. The van der Waals surface area contributed by atoms with Gasteiger partial charge in [-0.1, -0.05) is 26.0 Å². The molecular formula is C31H35F3N6O4S. The Labute approximate surface area is 259 Å². The summed E-state index contributed by atoms with van der Waals surface area (Å²) in [7, 11) is -3.09. The van der Waals surface area contributed by atoms with Crippen LogP contribution in [-0.4, -0.2) is 64.7 Å². The van der Waals surface area contributed by atoms with Crippen LogP contribution in [0.1, 0.15) is 50.4 Å². The summed E-state index contributed by atoms with van der Waals surface area (Å²) >= 11 is 0. The molecule has 2 fully saturated rings. The number of hydrogen-bond donors (Lipinski definition) is 2. The SMILES string of the molecule is CC(C)[C@H](C#N)C1(C(N)=O)CC(F)(F)CCC1c1nn(-c2ccc(F)cn2)c(CO)c1-c1ccc(N2CCS(=O)(=O)CC2)cc1. The smallest absolute Gasteiger partial charge is 0.249 e. The number of alkyl halides is 2. The number of nitriles is 1. The molecule has 45 heavy (non-hydrogen) atoms. The highest BCUT2D eigenvalue weighted by molar-refractivity contribution is 7.91. The Morgan fingerprint density at radius 1 is 1.18 bits per heavy atom. The summed E-state index contributed by atoms with van der Waals surface area (Å²) in [4.78, 5) is 19.4. The molecule has 14 heteroatoms. The van der Waals surface area contributed by atoms with E-state index in [2.05, 4.69) is 11.1 Å². The van der Waals surface area contributed by atoms with Crippen molar-refractivity contribution in [3.8, 4) is 23.0 Å². The van der Waals surface area contributed by atoms with Crippen molar-refractivity contribution in [2.75, 3.05) is 29.5 Å². The maximum Gasteiger partial charge on any atom is 0.249 e. The summed E-state index contributed by atoms with van der Waals surface area (Å²) in [5.74, 6) is -7.41. The molecular weight excluding hydrogens is 609 g/mol. The third-order valence-corrected chi connectivity index (χ3v) is 10.7. The van der Waals surface area contributed by atoms with Crippen LogP contribution < -0.4 is 10.6 Å². The van der Waals surface area contributed by atoms with Crippen LogP contribution in [0, 0.1) is 34.4 Å². The van der Waals surface area contributed by atoms with E-state index in [1.807, 2.05) is 4.90 Å². The van der Waals surface area contributed by atoms with Crippen LogP contribution in [0.3, 0.4) is 0 Å². The maximum absolute atomic E-state index is 15.2. The Hall–Kier alpha value is -3.96. The maximum atomic E-state index is 15.2. The average molecular weight is 645 g/mol. The van der Waals surface area contributed by atoms with Gasteiger partial charge in [-0.2, -0.15) is 10.4 Å². The number of nitrogens with two attached hydrogens (primary N) is 1. The number of rotatable bonds is 8. The van der Waals surface area contributed by atoms with Crippen LogP contribution in [0.4, 0.5) is 18.9 Å². The number of carbonyl (C=O) groups excluding carboxylic acids is 1. The number of benzene rings is 1. The number of aliphatic hydroxyl groups is 1. The molecule has 2 aliphatic rings. The van der Waals surface area contributed by atoms with E-state index in [4.69, 9.17) is 10.8 Å². The van der Waals surface area contributed by atoms with Crippen LogP contribution in [0.2, 0.25) is 0 Å². The lowest BCUT2D eigenvalue weighted by atomic mass is 9.55. The minimum Gasteiger partial charge on any atom is -0.390 e. The van der Waals surface area contributed by atoms with Gasteiger partial charge in [0.15, 0.2) is 15.7 Å². The van der Waals surface area contributed by atoms with Crippen molar-refractivity contribution in [1.82, 2.24) is 14.8 Å². The van der Waals surface area contributed by atoms with Crippen molar-refractivity contribution in [2.24, 2.45) is 23.0 Å². The number of halogens is 3. The molecule has 3 heterocycles. The van der Waals surface area contributed by atoms with Crippen molar-refractivity contribution < 1.29 is 31.5 Å². The Morgan fingerprint density at radius 2 is 1.84 bits per heavy atom. The number of anilines is 1. The quantitative estimate of drug-likeness (QED) is 0.373. The zero-order chi connectivity index (χ0) is 32.7. The number of nitrogens with zero attached hydrogens (tertiary/aromatic N) is 5. The zero-order valence-corrected chi connectivity index (χ0v) is 25.8. The number of aromatic nitrogens is 3. The van der Waals surface area contributed by atoms with Gasteiger partial charge in [0.25, 0.3) is 0 Å². The van der Waals surface area contributed by atoms with Crippen molar-refractivity contribution in [3.05, 3.63) is 59.8 Å². The molecule has 1 saturated carbocycles. The van der Waals surface area contributed by atoms with Gasteiger partial charge < -0.3 is 15.7 Å². The second-order valence-electron chi connectivity index (χ2n) is 12.2. The molecule has 3 aromatic rings. The number of amides is 1. The largest absolute Gasteiger partial charge is 0.390 e. The average Bonchev–Trinajstić information content (AvgIpc) is 3.36. The lowest BCUT2D eigenvalue weighted by Gasteiger charge is -2.47. The van der Waals surface area contributed by atoms with E-state index in [9.17, 15) is 28.0 Å². The van der Waals surface area contributed by atoms with E-state index in [-0.39, 0.29) is 35.1 Å². The molecule has 1 aliphatic heterocycles. The first kappa shape index (κ1) is 32.4. The molecule has 1 aromatic carbocycles. The summed E-state index contributed by atoms with van der Waals surface area (Å²) < 4.78 is 69.3. The number of hydrogen-bond acceptors (Lipinski definition) is 8. The van der Waals surface area contributed by atoms with Gasteiger partial charge in [0.05, 0.1) is 53.1 Å². The van der Waals surface area contributed by atoms with E-state index in [1.54, 1.807) is 38.1 Å². The van der Waals surface area contributed by atoms with Gasteiger partial charge in [0.2, 0.25) is 11.8 Å². The molecule has 0 spiro atoms. The lowest BCUT2D eigenvalue weighted by Crippen LogP contribution is -2.54. The summed E-state index contributed by atoms with van der Waals surface area (Å²) in [5.41, 5.74) is 6.04. The molecule has 1 aliphatic carbocycles. The Balaban J connectivity index is 1.72. The highest BCUT2D eigenvalue weighted by Crippen LogP contribution is 2.59. The number of carbonyl (C=O) groups is 1. The summed E-state index contributed by atoms with van der Waals surface area (Å²) in [5, 5.41) is 25.6. The van der Waals surface area contributed by atoms with Crippen molar-refractivity contribution in [1.29, 1.82) is 5.26 Å². The fourth-order valence-corrected chi connectivity index (χ4v) is 8.10. The predicted octanol–water partition coefficient (Wildman–Crippen LogP) is 3.97. The van der Waals surface area contributed by atoms with Gasteiger partial charge in [-0.05, 0) is 42.2 Å². The van der Waals surface area contributed by atoms with E-state index in [0.717, 1.165) is 18.0 Å². The standard InChI is InChI=1S/C31H35F3N6O4S/c1-19(2)24(15-35)31(29(36)42)18-30(33,34)10-9-23(31)28-27(25(17-41)40(38-28)26-8-5-21(32)16-37-26)20-3-6-22(7-4-20)39-11-13-45(43,44)14-12-39/h3-8,16,19,23-24,41H,9-14,17-18H2,1-2H3,(H2,36,42)/t23?,24-,31?/m0/s1. The fourth-order valence-electron chi connectivity index (χ4n) is 6.90. The van der Waals surface area contributed by atoms with Crippen LogP contribution >= 0.6 is 0 Å². The number of aliphatic hydroxyl groups excluding tert-OH is 1. The lowest BCUT2D eigenvalue weighted by molar-refractivity contribution is -0.152. The molecule has 2 unspecified atom stereocenters. The molecule has 0 bridgehead atoms. The molecule has 2 aromatic heterocycles. The number of primary amides is 1. The molecule has 5 rings (SSSR count). The Kier molecular flexibility index (Phi) is 8.72. The third kappa shape index (κ3) is 6.03. The van der Waals surface area contributed by atoms with Gasteiger partial charge in [-0.3, -0.25) is 4.79 Å².